The SMILES string of the molecule is C[C@@H](NC(=O)CCc1nc2ccccc2o1)C(=O)O. The van der Waals surface area contributed by atoms with E-state index in [-0.39, 0.29) is 12.3 Å². The molecule has 1 aromatic carbocycles. The first kappa shape index (κ1) is 13.1. The molecule has 0 saturated heterocycles. The zero-order valence-corrected chi connectivity index (χ0v) is 10.4. The number of para-hydroxylation sites is 2. The summed E-state index contributed by atoms with van der Waals surface area (Å²) in [5, 5.41) is 11.0. The fraction of sp³-hybridized carbons (Fsp3) is 0.308. The van der Waals surface area contributed by atoms with Crippen molar-refractivity contribution < 1.29 is 19.1 Å². The number of oxazole rings is 1. The summed E-state index contributed by atoms with van der Waals surface area (Å²) in [5.74, 6) is -0.924. The summed E-state index contributed by atoms with van der Waals surface area (Å²) in [5.41, 5.74) is 1.42. The fourth-order valence-corrected chi connectivity index (χ4v) is 1.62. The highest BCUT2D eigenvalue weighted by Gasteiger charge is 2.14. The summed E-state index contributed by atoms with van der Waals surface area (Å²) in [7, 11) is 0. The van der Waals surface area contributed by atoms with Crippen LogP contribution in [0.4, 0.5) is 0 Å². The summed E-state index contributed by atoms with van der Waals surface area (Å²) in [6.07, 6.45) is 0.483. The van der Waals surface area contributed by atoms with Crippen LogP contribution in [0.5, 0.6) is 0 Å². The summed E-state index contributed by atoms with van der Waals surface area (Å²) in [4.78, 5) is 26.3. The molecule has 1 amide bonds. The largest absolute Gasteiger partial charge is 0.480 e. The van der Waals surface area contributed by atoms with Gasteiger partial charge in [0.2, 0.25) is 5.91 Å². The van der Waals surface area contributed by atoms with Gasteiger partial charge in [0.25, 0.3) is 0 Å². The maximum atomic E-state index is 11.5. The van der Waals surface area contributed by atoms with Crippen molar-refractivity contribution in [2.75, 3.05) is 0 Å². The molecule has 0 aliphatic rings. The Morgan fingerprint density at radius 3 is 2.84 bits per heavy atom. The monoisotopic (exact) mass is 262 g/mol. The molecule has 6 nitrogen and oxygen atoms in total. The van der Waals surface area contributed by atoms with Gasteiger partial charge in [-0.25, -0.2) is 4.98 Å². The minimum absolute atomic E-state index is 0.143. The number of amides is 1. The van der Waals surface area contributed by atoms with E-state index in [9.17, 15) is 9.59 Å². The number of carbonyl (C=O) groups excluding carboxylic acids is 1. The number of aromatic nitrogens is 1. The Hall–Kier alpha value is -2.37. The van der Waals surface area contributed by atoms with Crippen LogP contribution in [-0.2, 0) is 16.0 Å². The average Bonchev–Trinajstić information content (AvgIpc) is 2.78. The number of carboxylic acids is 1. The second-order valence-corrected chi connectivity index (χ2v) is 4.20. The first-order valence-corrected chi connectivity index (χ1v) is 5.93. The van der Waals surface area contributed by atoms with Crippen LogP contribution in [-0.4, -0.2) is 28.0 Å². The highest BCUT2D eigenvalue weighted by molar-refractivity contribution is 5.83. The molecule has 0 aliphatic heterocycles. The molecular formula is C13H14N2O4. The number of benzene rings is 1. The van der Waals surface area contributed by atoms with E-state index >= 15 is 0 Å². The molecule has 0 fully saturated rings. The van der Waals surface area contributed by atoms with Crippen LogP contribution in [0.2, 0.25) is 0 Å². The molecule has 0 aliphatic carbocycles. The molecule has 0 bridgehead atoms. The van der Waals surface area contributed by atoms with Crippen LogP contribution < -0.4 is 5.32 Å². The number of carbonyl (C=O) groups is 2. The van der Waals surface area contributed by atoms with Gasteiger partial charge in [-0.15, -0.1) is 0 Å². The van der Waals surface area contributed by atoms with E-state index in [1.54, 1.807) is 6.07 Å². The van der Waals surface area contributed by atoms with E-state index in [1.165, 1.54) is 6.92 Å². The lowest BCUT2D eigenvalue weighted by Crippen LogP contribution is -2.38. The van der Waals surface area contributed by atoms with E-state index in [1.807, 2.05) is 18.2 Å². The number of nitrogens with zero attached hydrogens (tertiary/aromatic N) is 1. The van der Waals surface area contributed by atoms with E-state index in [2.05, 4.69) is 10.3 Å². The summed E-state index contributed by atoms with van der Waals surface area (Å²) in [6.45, 7) is 1.42. The van der Waals surface area contributed by atoms with Crippen LogP contribution in [0.3, 0.4) is 0 Å². The van der Waals surface area contributed by atoms with Gasteiger partial charge in [0.15, 0.2) is 11.5 Å². The second-order valence-electron chi connectivity index (χ2n) is 4.20. The van der Waals surface area contributed by atoms with E-state index in [4.69, 9.17) is 9.52 Å². The van der Waals surface area contributed by atoms with Gasteiger partial charge in [-0.2, -0.15) is 0 Å². The number of rotatable bonds is 5. The Morgan fingerprint density at radius 2 is 2.16 bits per heavy atom. The lowest BCUT2D eigenvalue weighted by molar-refractivity contribution is -0.141. The number of aryl methyl sites for hydroxylation is 1. The van der Waals surface area contributed by atoms with Crippen LogP contribution in [0.1, 0.15) is 19.2 Å². The first-order valence-electron chi connectivity index (χ1n) is 5.93. The van der Waals surface area contributed by atoms with Crippen LogP contribution in [0, 0.1) is 0 Å². The number of hydrogen-bond donors (Lipinski definition) is 2. The van der Waals surface area contributed by atoms with E-state index in [0.717, 1.165) is 5.52 Å². The van der Waals surface area contributed by atoms with Crippen LogP contribution >= 0.6 is 0 Å². The maximum Gasteiger partial charge on any atom is 0.325 e. The molecule has 0 unspecified atom stereocenters. The van der Waals surface area contributed by atoms with Crippen molar-refractivity contribution in [3.8, 4) is 0 Å². The number of nitrogens with one attached hydrogen (secondary N) is 1. The normalized spacial score (nSPS) is 12.3. The van der Waals surface area contributed by atoms with E-state index in [0.29, 0.717) is 17.9 Å². The van der Waals surface area contributed by atoms with Crippen molar-refractivity contribution >= 4 is 23.0 Å². The van der Waals surface area contributed by atoms with Crippen molar-refractivity contribution in [1.29, 1.82) is 0 Å². The van der Waals surface area contributed by atoms with Gasteiger partial charge in [-0.3, -0.25) is 9.59 Å². The summed E-state index contributed by atoms with van der Waals surface area (Å²) in [6, 6.07) is 6.44. The quantitative estimate of drug-likeness (QED) is 0.848. The molecule has 1 atom stereocenters. The van der Waals surface area contributed by atoms with Crippen molar-refractivity contribution in [2.24, 2.45) is 0 Å². The van der Waals surface area contributed by atoms with Gasteiger partial charge >= 0.3 is 5.97 Å². The highest BCUT2D eigenvalue weighted by atomic mass is 16.4. The molecule has 0 spiro atoms. The summed E-state index contributed by atoms with van der Waals surface area (Å²) < 4.78 is 5.46. The topological polar surface area (TPSA) is 92.4 Å². The Morgan fingerprint density at radius 1 is 1.42 bits per heavy atom. The zero-order chi connectivity index (χ0) is 13.8. The molecule has 100 valence electrons. The third-order valence-corrected chi connectivity index (χ3v) is 2.65. The predicted octanol–water partition coefficient (Wildman–Crippen LogP) is 1.35. The smallest absolute Gasteiger partial charge is 0.325 e. The first-order chi connectivity index (χ1) is 9.06. The fourth-order valence-electron chi connectivity index (χ4n) is 1.62. The maximum absolute atomic E-state index is 11.5. The van der Waals surface area contributed by atoms with Gasteiger partial charge < -0.3 is 14.8 Å². The standard InChI is InChI=1S/C13H14N2O4/c1-8(13(17)18)14-11(16)6-7-12-15-9-4-2-3-5-10(9)19-12/h2-5,8H,6-7H2,1H3,(H,14,16)(H,17,18)/t8-/m1/s1. The Bertz CT molecular complexity index is 572. The number of aliphatic carboxylic acids is 1. The molecule has 0 radical (unpaired) electrons. The molecular weight excluding hydrogens is 248 g/mol. The van der Waals surface area contributed by atoms with Crippen LogP contribution in [0.15, 0.2) is 28.7 Å². The Balaban J connectivity index is 1.91. The molecule has 2 N–H and O–H groups in total. The molecule has 1 heterocycles. The van der Waals surface area contributed by atoms with Gasteiger partial charge in [-0.1, -0.05) is 12.1 Å². The number of fused-ring (bicyclic) bond motifs is 1. The molecule has 6 heteroatoms. The van der Waals surface area contributed by atoms with E-state index < -0.39 is 12.0 Å². The van der Waals surface area contributed by atoms with Crippen molar-refractivity contribution in [1.82, 2.24) is 10.3 Å². The third kappa shape index (κ3) is 3.31. The lowest BCUT2D eigenvalue weighted by atomic mass is 10.2. The van der Waals surface area contributed by atoms with Gasteiger partial charge in [-0.05, 0) is 19.1 Å². The lowest BCUT2D eigenvalue weighted by Gasteiger charge is -2.07. The minimum Gasteiger partial charge on any atom is -0.480 e. The number of carboxylic acid groups (broad SMARTS) is 1. The van der Waals surface area contributed by atoms with Crippen molar-refractivity contribution in [2.45, 2.75) is 25.8 Å². The molecule has 2 aromatic rings. The summed E-state index contributed by atoms with van der Waals surface area (Å²) >= 11 is 0. The zero-order valence-electron chi connectivity index (χ0n) is 10.4. The second kappa shape index (κ2) is 5.51. The van der Waals surface area contributed by atoms with Gasteiger partial charge in [0.1, 0.15) is 11.6 Å². The van der Waals surface area contributed by atoms with Crippen LogP contribution in [0.25, 0.3) is 11.1 Å². The molecule has 2 rings (SSSR count). The molecule has 0 saturated carbocycles. The van der Waals surface area contributed by atoms with Crippen molar-refractivity contribution in [3.63, 3.8) is 0 Å². The van der Waals surface area contributed by atoms with Gasteiger partial charge in [0.05, 0.1) is 0 Å². The highest BCUT2D eigenvalue weighted by Crippen LogP contribution is 2.15. The molecule has 19 heavy (non-hydrogen) atoms. The van der Waals surface area contributed by atoms with Gasteiger partial charge in [0, 0.05) is 12.8 Å². The molecule has 1 aromatic heterocycles. The van der Waals surface area contributed by atoms with Crippen molar-refractivity contribution in [3.05, 3.63) is 30.2 Å². The Labute approximate surface area is 109 Å². The average molecular weight is 262 g/mol. The predicted molar refractivity (Wildman–Crippen MR) is 67.6 cm³/mol. The number of hydrogen-bond acceptors (Lipinski definition) is 4. The third-order valence-electron chi connectivity index (χ3n) is 2.65. The Kier molecular flexibility index (Phi) is 3.79. The minimum atomic E-state index is -1.06.